The fraction of sp³-hybridized carbons (Fsp3) is 0.267. The fourth-order valence-electron chi connectivity index (χ4n) is 7.56. The maximum absolute atomic E-state index is 15.0. The van der Waals surface area contributed by atoms with Crippen LogP contribution in [0, 0.1) is 11.3 Å². The highest BCUT2D eigenvalue weighted by Crippen LogP contribution is 2.40. The molecule has 1 fully saturated rings. The summed E-state index contributed by atoms with van der Waals surface area (Å²) in [6.45, 7) is 6.55. The highest BCUT2D eigenvalue weighted by atomic mass is 16.2. The third-order valence-corrected chi connectivity index (χ3v) is 10.0. The molecule has 0 aromatic heterocycles. The standard InChI is InChI=1S/C45H46N4O2/c1-45(2,3)31-42(50)48(36-22-11-6-12-23-36)37-27-29-38(30-28-37)49(32-35-21-13-14-24-39(35)33-17-7-4-8-18-33)44(51)46-41-26-16-15-25-40(41)43(47-49)34-19-9-5-10-20-34/h4,6-8,11-18,21-30,34H,5,9-10,19-20,31-32H2,1-3H3/p+1. The van der Waals surface area contributed by atoms with Crippen LogP contribution < -0.4 is 14.8 Å². The SMILES string of the molecule is CC(C)(C)CC(=O)N(c1ccccc1)c1ccc([N+]2(Cc3ccccc3-c3ccccc3)N=C(C3CCCCC3)c3ccccc3NC2=O)cc1. The lowest BCUT2D eigenvalue weighted by molar-refractivity contribution is -0.119. The minimum atomic E-state index is -0.286. The first-order valence-electron chi connectivity index (χ1n) is 18.2. The van der Waals surface area contributed by atoms with E-state index in [1.165, 1.54) is 6.42 Å². The quantitative estimate of drug-likeness (QED) is 0.166. The smallest absolute Gasteiger partial charge is 0.281 e. The van der Waals surface area contributed by atoms with Crippen LogP contribution in [0.1, 0.15) is 70.4 Å². The van der Waals surface area contributed by atoms with Crippen LogP contribution in [0.2, 0.25) is 0 Å². The number of benzene rings is 5. The Morgan fingerprint density at radius 2 is 1.31 bits per heavy atom. The molecular weight excluding hydrogens is 629 g/mol. The number of para-hydroxylation sites is 2. The molecule has 6 heteroatoms. The molecule has 3 amide bonds. The maximum atomic E-state index is 15.0. The summed E-state index contributed by atoms with van der Waals surface area (Å²) < 4.78 is -0.286. The predicted molar refractivity (Wildman–Crippen MR) is 210 cm³/mol. The van der Waals surface area contributed by atoms with Crippen molar-refractivity contribution in [3.8, 4) is 11.1 Å². The largest absolute Gasteiger partial charge is 0.453 e. The van der Waals surface area contributed by atoms with E-state index in [0.717, 1.165) is 76.4 Å². The average Bonchev–Trinajstić information content (AvgIpc) is 3.27. The topological polar surface area (TPSA) is 61.8 Å². The minimum absolute atomic E-state index is 0.0164. The number of hydrogen-bond donors (Lipinski definition) is 1. The molecule has 258 valence electrons. The summed E-state index contributed by atoms with van der Waals surface area (Å²) >= 11 is 0. The molecule has 2 aliphatic rings. The summed E-state index contributed by atoms with van der Waals surface area (Å²) in [6.07, 6.45) is 6.00. The molecule has 1 aliphatic heterocycles. The number of carbonyl (C=O) groups is 2. The van der Waals surface area contributed by atoms with Gasteiger partial charge < -0.3 is 0 Å². The monoisotopic (exact) mass is 675 g/mol. The number of urea groups is 1. The van der Waals surface area contributed by atoms with Crippen LogP contribution in [0.25, 0.3) is 11.1 Å². The summed E-state index contributed by atoms with van der Waals surface area (Å²) in [5.41, 5.74) is 8.05. The Bertz CT molecular complexity index is 2030. The molecule has 0 radical (unpaired) electrons. The van der Waals surface area contributed by atoms with Gasteiger partial charge >= 0.3 is 6.03 Å². The number of amides is 3. The Morgan fingerprint density at radius 1 is 0.725 bits per heavy atom. The number of rotatable bonds is 8. The van der Waals surface area contributed by atoms with Crippen LogP contribution in [0.3, 0.4) is 0 Å². The third kappa shape index (κ3) is 7.28. The van der Waals surface area contributed by atoms with Gasteiger partial charge in [0.25, 0.3) is 0 Å². The second-order valence-corrected chi connectivity index (χ2v) is 15.1. The van der Waals surface area contributed by atoms with Gasteiger partial charge in [-0.1, -0.05) is 141 Å². The summed E-state index contributed by atoms with van der Waals surface area (Å²) in [7, 11) is 0. The van der Waals surface area contributed by atoms with E-state index in [1.807, 2.05) is 103 Å². The number of quaternary nitrogens is 1. The number of hydrogen-bond acceptors (Lipinski definition) is 3. The van der Waals surface area contributed by atoms with Crippen molar-refractivity contribution in [3.05, 3.63) is 145 Å². The van der Waals surface area contributed by atoms with Crippen molar-refractivity contribution in [2.45, 2.75) is 65.8 Å². The van der Waals surface area contributed by atoms with Gasteiger partial charge in [0, 0.05) is 47.0 Å². The zero-order valence-electron chi connectivity index (χ0n) is 29.9. The maximum Gasteiger partial charge on any atom is 0.453 e. The second kappa shape index (κ2) is 14.5. The number of nitrogens with zero attached hydrogens (tertiary/aromatic N) is 3. The lowest BCUT2D eigenvalue weighted by Crippen LogP contribution is -2.51. The predicted octanol–water partition coefficient (Wildman–Crippen LogP) is 11.5. The molecule has 1 atom stereocenters. The second-order valence-electron chi connectivity index (χ2n) is 15.1. The van der Waals surface area contributed by atoms with E-state index < -0.39 is 0 Å². The van der Waals surface area contributed by atoms with Crippen LogP contribution in [0.15, 0.2) is 139 Å². The zero-order valence-corrected chi connectivity index (χ0v) is 29.9. The number of anilines is 3. The Morgan fingerprint density at radius 3 is 2.00 bits per heavy atom. The Hall–Kier alpha value is -5.33. The lowest BCUT2D eigenvalue weighted by atomic mass is 9.83. The van der Waals surface area contributed by atoms with Crippen molar-refractivity contribution < 1.29 is 9.59 Å². The summed E-state index contributed by atoms with van der Waals surface area (Å²) in [5, 5.41) is 8.95. The first-order chi connectivity index (χ1) is 24.7. The Kier molecular flexibility index (Phi) is 9.70. The fourth-order valence-corrected chi connectivity index (χ4v) is 7.56. The van der Waals surface area contributed by atoms with Crippen molar-refractivity contribution in [2.24, 2.45) is 16.4 Å². The first kappa shape index (κ1) is 34.1. The summed E-state index contributed by atoms with van der Waals surface area (Å²) in [4.78, 5) is 30.7. The summed E-state index contributed by atoms with van der Waals surface area (Å²) in [6, 6.07) is 44.2. The van der Waals surface area contributed by atoms with Gasteiger partial charge in [0.05, 0.1) is 5.69 Å². The van der Waals surface area contributed by atoms with E-state index in [4.69, 9.17) is 5.10 Å². The highest BCUT2D eigenvalue weighted by molar-refractivity contribution is 6.13. The number of fused-ring (bicyclic) bond motifs is 1. The molecule has 6 nitrogen and oxygen atoms in total. The van der Waals surface area contributed by atoms with E-state index in [1.54, 1.807) is 4.90 Å². The van der Waals surface area contributed by atoms with E-state index in [2.05, 4.69) is 56.4 Å². The van der Waals surface area contributed by atoms with Crippen LogP contribution in [0.5, 0.6) is 0 Å². The first-order valence-corrected chi connectivity index (χ1v) is 18.2. The highest BCUT2D eigenvalue weighted by Gasteiger charge is 2.46. The van der Waals surface area contributed by atoms with E-state index in [0.29, 0.717) is 13.0 Å². The Labute approximate surface area is 302 Å². The molecule has 5 aromatic carbocycles. The molecule has 1 N–H and O–H groups in total. The van der Waals surface area contributed by atoms with Crippen molar-refractivity contribution in [3.63, 3.8) is 0 Å². The van der Waals surface area contributed by atoms with Crippen molar-refractivity contribution in [1.82, 2.24) is 4.59 Å². The van der Waals surface area contributed by atoms with Gasteiger partial charge in [-0.05, 0) is 59.7 Å². The van der Waals surface area contributed by atoms with Gasteiger partial charge in [-0.3, -0.25) is 15.0 Å². The molecule has 5 aromatic rings. The normalized spacial score (nSPS) is 17.9. The zero-order chi connectivity index (χ0) is 35.4. The number of nitrogens with one attached hydrogen (secondary N) is 1. The Balaban J connectivity index is 1.40. The van der Waals surface area contributed by atoms with Gasteiger partial charge in [-0.15, -0.1) is 0 Å². The third-order valence-electron chi connectivity index (χ3n) is 10.0. The van der Waals surface area contributed by atoms with Gasteiger partial charge in [-0.2, -0.15) is 0 Å². The van der Waals surface area contributed by atoms with Crippen molar-refractivity contribution in [1.29, 1.82) is 0 Å². The average molecular weight is 676 g/mol. The van der Waals surface area contributed by atoms with E-state index in [9.17, 15) is 9.59 Å². The van der Waals surface area contributed by atoms with Crippen LogP contribution in [-0.2, 0) is 11.3 Å². The summed E-state index contributed by atoms with van der Waals surface area (Å²) in [5.74, 6) is 0.264. The molecule has 7 rings (SSSR count). The van der Waals surface area contributed by atoms with Crippen molar-refractivity contribution >= 4 is 40.4 Å². The lowest BCUT2D eigenvalue weighted by Gasteiger charge is -2.31. The molecular formula is C45H47N4O2+. The molecule has 0 bridgehead atoms. The van der Waals surface area contributed by atoms with E-state index in [-0.39, 0.29) is 27.9 Å². The van der Waals surface area contributed by atoms with Gasteiger partial charge in [0.2, 0.25) is 5.91 Å². The number of carbonyl (C=O) groups excluding carboxylic acids is 2. The van der Waals surface area contributed by atoms with Crippen molar-refractivity contribution in [2.75, 3.05) is 10.2 Å². The van der Waals surface area contributed by atoms with Gasteiger partial charge in [-0.25, -0.2) is 4.79 Å². The van der Waals surface area contributed by atoms with Gasteiger partial charge in [0.15, 0.2) is 5.69 Å². The molecule has 0 saturated heterocycles. The molecule has 1 saturated carbocycles. The molecule has 0 spiro atoms. The van der Waals surface area contributed by atoms with E-state index >= 15 is 0 Å². The molecule has 1 aliphatic carbocycles. The van der Waals surface area contributed by atoms with Crippen LogP contribution in [0.4, 0.5) is 27.5 Å². The van der Waals surface area contributed by atoms with Gasteiger partial charge in [0.1, 0.15) is 12.3 Å². The molecule has 1 heterocycles. The van der Waals surface area contributed by atoms with Crippen LogP contribution in [-0.4, -0.2) is 17.6 Å². The molecule has 1 unspecified atom stereocenters. The minimum Gasteiger partial charge on any atom is -0.281 e. The molecule has 51 heavy (non-hydrogen) atoms. The van der Waals surface area contributed by atoms with Crippen LogP contribution >= 0.6 is 0 Å².